The van der Waals surface area contributed by atoms with Crippen LogP contribution in [0.2, 0.25) is 0 Å². The number of nitrogens with one attached hydrogen (secondary N) is 1. The van der Waals surface area contributed by atoms with Gasteiger partial charge in [0.1, 0.15) is 12.4 Å². The van der Waals surface area contributed by atoms with Gasteiger partial charge in [-0.3, -0.25) is 15.0 Å². The second-order valence-corrected chi connectivity index (χ2v) is 6.52. The summed E-state index contributed by atoms with van der Waals surface area (Å²) in [5, 5.41) is 1.03. The maximum absolute atomic E-state index is 13.1. The summed E-state index contributed by atoms with van der Waals surface area (Å²) in [5.74, 6) is -1.25. The maximum atomic E-state index is 13.1. The van der Waals surface area contributed by atoms with Gasteiger partial charge >= 0.3 is 6.03 Å². The smallest absolute Gasteiger partial charge is 0.272 e. The van der Waals surface area contributed by atoms with E-state index in [9.17, 15) is 14.4 Å². The van der Waals surface area contributed by atoms with Crippen molar-refractivity contribution in [3.8, 4) is 0 Å². The van der Waals surface area contributed by atoms with Gasteiger partial charge in [0.15, 0.2) is 0 Å². The fourth-order valence-corrected chi connectivity index (χ4v) is 3.28. The van der Waals surface area contributed by atoms with E-state index in [1.807, 2.05) is 60.7 Å². The Balaban J connectivity index is 1.58. The molecule has 1 N–H and O–H groups in total. The van der Waals surface area contributed by atoms with Gasteiger partial charge in [-0.15, -0.1) is 0 Å². The number of rotatable bonds is 5. The Bertz CT molecular complexity index is 986. The second-order valence-electron chi connectivity index (χ2n) is 6.52. The molecule has 1 fully saturated rings. The van der Waals surface area contributed by atoms with E-state index in [-0.39, 0.29) is 12.4 Å². The zero-order chi connectivity index (χ0) is 20.2. The first-order valence-electron chi connectivity index (χ1n) is 9.11. The van der Waals surface area contributed by atoms with Crippen LogP contribution in [0.4, 0.5) is 10.6 Å². The van der Waals surface area contributed by atoms with Crippen LogP contribution in [0, 0.1) is 0 Å². The molecule has 1 aliphatic heterocycles. The van der Waals surface area contributed by atoms with E-state index in [0.29, 0.717) is 0 Å². The molecule has 0 unspecified atom stereocenters. The molecule has 0 atom stereocenters. The van der Waals surface area contributed by atoms with Gasteiger partial charge in [0.2, 0.25) is 0 Å². The van der Waals surface area contributed by atoms with Crippen molar-refractivity contribution < 1.29 is 14.4 Å². The molecular formula is C22H18N4O3. The van der Waals surface area contributed by atoms with Crippen molar-refractivity contribution in [3.05, 3.63) is 96.2 Å². The lowest BCUT2D eigenvalue weighted by atomic mass is 9.91. The average Bonchev–Trinajstić information content (AvgIpc) is 3.03. The third-order valence-electron chi connectivity index (χ3n) is 4.62. The highest BCUT2D eigenvalue weighted by atomic mass is 16.2. The molecule has 29 heavy (non-hydrogen) atoms. The number of imide groups is 1. The topological polar surface area (TPSA) is 82.6 Å². The van der Waals surface area contributed by atoms with Gasteiger partial charge in [-0.05, 0) is 23.3 Å². The van der Waals surface area contributed by atoms with Gasteiger partial charge < -0.3 is 0 Å². The van der Waals surface area contributed by atoms with E-state index in [1.54, 1.807) is 18.2 Å². The first kappa shape index (κ1) is 18.4. The predicted molar refractivity (Wildman–Crippen MR) is 107 cm³/mol. The molecule has 0 radical (unpaired) electrons. The standard InChI is InChI=1S/C22H18N4O3/c27-19-15-25(22(29)26(19)18-13-7-8-14-23-18)24-21(28)20(16-9-3-1-4-10-16)17-11-5-2-6-12-17/h1-14,20H,15H2,(H,24,28). The molecule has 1 saturated heterocycles. The van der Waals surface area contributed by atoms with Crippen LogP contribution in [0.25, 0.3) is 0 Å². The Morgan fingerprint density at radius 2 is 1.45 bits per heavy atom. The van der Waals surface area contributed by atoms with Gasteiger partial charge in [-0.25, -0.2) is 19.7 Å². The minimum absolute atomic E-state index is 0.224. The zero-order valence-electron chi connectivity index (χ0n) is 15.4. The normalized spacial score (nSPS) is 13.8. The molecule has 1 aromatic heterocycles. The van der Waals surface area contributed by atoms with Crippen LogP contribution in [-0.4, -0.2) is 34.4 Å². The zero-order valence-corrected chi connectivity index (χ0v) is 15.4. The van der Waals surface area contributed by atoms with Crippen molar-refractivity contribution in [2.45, 2.75) is 5.92 Å². The van der Waals surface area contributed by atoms with Crippen LogP contribution in [0.1, 0.15) is 17.0 Å². The molecule has 0 bridgehead atoms. The molecule has 0 aliphatic carbocycles. The summed E-state index contributed by atoms with van der Waals surface area (Å²) in [6.07, 6.45) is 1.50. The number of hydrogen-bond acceptors (Lipinski definition) is 4. The third-order valence-corrected chi connectivity index (χ3v) is 4.62. The largest absolute Gasteiger partial charge is 0.351 e. The summed E-state index contributed by atoms with van der Waals surface area (Å²) < 4.78 is 0. The summed E-state index contributed by atoms with van der Waals surface area (Å²) in [6, 6.07) is 22.9. The van der Waals surface area contributed by atoms with Crippen LogP contribution >= 0.6 is 0 Å². The van der Waals surface area contributed by atoms with Crippen LogP contribution in [0.15, 0.2) is 85.1 Å². The monoisotopic (exact) mass is 386 g/mol. The molecule has 144 valence electrons. The number of pyridine rings is 1. The van der Waals surface area contributed by atoms with E-state index < -0.39 is 23.8 Å². The lowest BCUT2D eigenvalue weighted by molar-refractivity contribution is -0.125. The molecule has 1 aliphatic rings. The van der Waals surface area contributed by atoms with Crippen molar-refractivity contribution in [3.63, 3.8) is 0 Å². The van der Waals surface area contributed by atoms with Crippen LogP contribution in [0.3, 0.4) is 0 Å². The number of urea groups is 1. The first-order chi connectivity index (χ1) is 14.1. The van der Waals surface area contributed by atoms with Crippen molar-refractivity contribution in [1.29, 1.82) is 0 Å². The van der Waals surface area contributed by atoms with Crippen molar-refractivity contribution >= 4 is 23.7 Å². The molecule has 2 aromatic carbocycles. The number of nitrogens with zero attached hydrogens (tertiary/aromatic N) is 3. The Labute approximate surface area is 167 Å². The lowest BCUT2D eigenvalue weighted by Gasteiger charge is -2.22. The lowest BCUT2D eigenvalue weighted by Crippen LogP contribution is -2.47. The van der Waals surface area contributed by atoms with Crippen molar-refractivity contribution in [1.82, 2.24) is 15.4 Å². The Morgan fingerprint density at radius 3 is 2.00 bits per heavy atom. The Kier molecular flexibility index (Phi) is 5.03. The molecule has 0 spiro atoms. The summed E-state index contributed by atoms with van der Waals surface area (Å²) in [7, 11) is 0. The highest BCUT2D eigenvalue weighted by Crippen LogP contribution is 2.25. The number of carbonyl (C=O) groups is 3. The third kappa shape index (κ3) is 3.70. The number of hydrogen-bond donors (Lipinski definition) is 1. The molecule has 7 nitrogen and oxygen atoms in total. The Hall–Kier alpha value is -4.00. The highest BCUT2D eigenvalue weighted by Gasteiger charge is 2.40. The molecule has 4 rings (SSSR count). The van der Waals surface area contributed by atoms with Gasteiger partial charge in [0, 0.05) is 6.20 Å². The fraction of sp³-hybridized carbons (Fsp3) is 0.0909. The molecule has 2 heterocycles. The van der Waals surface area contributed by atoms with Gasteiger partial charge in [-0.2, -0.15) is 0 Å². The minimum atomic E-state index is -0.637. The summed E-state index contributed by atoms with van der Waals surface area (Å²) in [4.78, 5) is 43.2. The number of anilines is 1. The number of benzene rings is 2. The van der Waals surface area contributed by atoms with Crippen molar-refractivity contribution in [2.75, 3.05) is 11.4 Å². The van der Waals surface area contributed by atoms with Gasteiger partial charge in [-0.1, -0.05) is 66.7 Å². The van der Waals surface area contributed by atoms with E-state index in [4.69, 9.17) is 0 Å². The van der Waals surface area contributed by atoms with E-state index in [1.165, 1.54) is 6.20 Å². The molecule has 4 amide bonds. The highest BCUT2D eigenvalue weighted by molar-refractivity contribution is 6.19. The van der Waals surface area contributed by atoms with Crippen LogP contribution < -0.4 is 10.3 Å². The number of hydrazine groups is 1. The number of amides is 4. The molecule has 0 saturated carbocycles. The van der Waals surface area contributed by atoms with Gasteiger partial charge in [0.05, 0.1) is 5.92 Å². The SMILES string of the molecule is O=C(NN1CC(=O)N(c2ccccn2)C1=O)C(c1ccccc1)c1ccccc1. The number of aromatic nitrogens is 1. The quantitative estimate of drug-likeness (QED) is 0.684. The summed E-state index contributed by atoms with van der Waals surface area (Å²) in [6.45, 7) is -0.253. The summed E-state index contributed by atoms with van der Waals surface area (Å²) in [5.41, 5.74) is 4.19. The Morgan fingerprint density at radius 1 is 0.862 bits per heavy atom. The average molecular weight is 386 g/mol. The molecule has 3 aromatic rings. The predicted octanol–water partition coefficient (Wildman–Crippen LogP) is 2.71. The van der Waals surface area contributed by atoms with Gasteiger partial charge in [0.25, 0.3) is 11.8 Å². The van der Waals surface area contributed by atoms with Crippen LogP contribution in [0.5, 0.6) is 0 Å². The van der Waals surface area contributed by atoms with Crippen LogP contribution in [-0.2, 0) is 9.59 Å². The van der Waals surface area contributed by atoms with E-state index in [0.717, 1.165) is 21.0 Å². The number of carbonyl (C=O) groups excluding carboxylic acids is 3. The first-order valence-corrected chi connectivity index (χ1v) is 9.11. The van der Waals surface area contributed by atoms with E-state index in [2.05, 4.69) is 10.4 Å². The fourth-order valence-electron chi connectivity index (χ4n) is 3.28. The minimum Gasteiger partial charge on any atom is -0.272 e. The van der Waals surface area contributed by atoms with Crippen molar-refractivity contribution in [2.24, 2.45) is 0 Å². The molecule has 7 heteroatoms. The second kappa shape index (κ2) is 7.93. The van der Waals surface area contributed by atoms with E-state index >= 15 is 0 Å². The summed E-state index contributed by atoms with van der Waals surface area (Å²) >= 11 is 0. The molecular weight excluding hydrogens is 368 g/mol. The maximum Gasteiger partial charge on any atom is 0.351 e.